The van der Waals surface area contributed by atoms with Crippen molar-refractivity contribution in [2.24, 2.45) is 0 Å². The molecule has 1 heterocycles. The van der Waals surface area contributed by atoms with Crippen molar-refractivity contribution in [3.8, 4) is 0 Å². The molecule has 0 amide bonds. The van der Waals surface area contributed by atoms with Gasteiger partial charge < -0.3 is 10.7 Å². The van der Waals surface area contributed by atoms with Gasteiger partial charge in [0.05, 0.1) is 0 Å². The lowest BCUT2D eigenvalue weighted by atomic mass is 10.3. The van der Waals surface area contributed by atoms with Crippen LogP contribution in [0.5, 0.6) is 0 Å². The lowest BCUT2D eigenvalue weighted by Crippen LogP contribution is -2.14. The molecule has 0 radical (unpaired) electrons. The predicted molar refractivity (Wildman–Crippen MR) is 36.4 cm³/mol. The van der Waals surface area contributed by atoms with Gasteiger partial charge in [-0.05, 0) is 0 Å². The Hall–Kier alpha value is -1.46. The van der Waals surface area contributed by atoms with Crippen LogP contribution in [0.15, 0.2) is 10.9 Å². The van der Waals surface area contributed by atoms with E-state index in [1.54, 1.807) is 4.98 Å². The summed E-state index contributed by atoms with van der Waals surface area (Å²) in [5.41, 5.74) is 2.71. The van der Waals surface area contributed by atoms with E-state index in [2.05, 4.69) is 0 Å². The van der Waals surface area contributed by atoms with Crippen LogP contribution < -0.4 is 11.2 Å². The molecule has 1 aromatic heterocycles. The predicted octanol–water partition coefficient (Wildman–Crippen LogP) is 1.03. The minimum atomic E-state index is -3.13. The number of nitrogens with two attached hydrogens (primary N) is 1. The molecule has 3 N–H and O–H groups in total. The molecule has 0 fully saturated rings. The van der Waals surface area contributed by atoms with E-state index in [4.69, 9.17) is 5.73 Å². The van der Waals surface area contributed by atoms with Crippen LogP contribution >= 0.6 is 0 Å². The second-order valence-corrected chi connectivity index (χ2v) is 2.12. The first-order valence-corrected chi connectivity index (χ1v) is 2.98. The van der Waals surface area contributed by atoms with E-state index in [0.29, 0.717) is 6.07 Å². The normalized spacial score (nSPS) is 10.7. The van der Waals surface area contributed by atoms with E-state index >= 15 is 0 Å². The zero-order valence-corrected chi connectivity index (χ0v) is 5.77. The number of rotatable bonds is 1. The van der Waals surface area contributed by atoms with Crippen molar-refractivity contribution in [1.82, 2.24) is 4.98 Å². The highest BCUT2D eigenvalue weighted by Crippen LogP contribution is 2.17. The smallest absolute Gasteiger partial charge is 0.271 e. The fraction of sp³-hybridized carbons (Fsp3) is 0.167. The SMILES string of the molecule is Nc1cc(=O)c(C(F)F)c(F)[nH]1. The van der Waals surface area contributed by atoms with Crippen molar-refractivity contribution in [2.75, 3.05) is 5.73 Å². The quantitative estimate of drug-likeness (QED) is 0.631. The Morgan fingerprint density at radius 1 is 1.50 bits per heavy atom. The average molecular weight is 178 g/mol. The Balaban J connectivity index is 3.39. The summed E-state index contributed by atoms with van der Waals surface area (Å²) in [5.74, 6) is -1.66. The molecule has 66 valence electrons. The molecular weight excluding hydrogens is 173 g/mol. The number of aromatic nitrogens is 1. The Morgan fingerprint density at radius 3 is 2.50 bits per heavy atom. The highest BCUT2D eigenvalue weighted by Gasteiger charge is 2.18. The molecule has 0 aromatic carbocycles. The fourth-order valence-electron chi connectivity index (χ4n) is 0.761. The molecule has 3 nitrogen and oxygen atoms in total. The van der Waals surface area contributed by atoms with Gasteiger partial charge in [0.25, 0.3) is 6.43 Å². The molecule has 1 rings (SSSR count). The number of pyridine rings is 1. The van der Waals surface area contributed by atoms with Gasteiger partial charge >= 0.3 is 0 Å². The van der Waals surface area contributed by atoms with Crippen LogP contribution in [0.3, 0.4) is 0 Å². The largest absolute Gasteiger partial charge is 0.385 e. The van der Waals surface area contributed by atoms with Crippen LogP contribution in [0, 0.1) is 5.95 Å². The van der Waals surface area contributed by atoms with Gasteiger partial charge in [-0.25, -0.2) is 8.78 Å². The lowest BCUT2D eigenvalue weighted by Gasteiger charge is -2.00. The molecule has 0 unspecified atom stereocenters. The Kier molecular flexibility index (Phi) is 2.07. The van der Waals surface area contributed by atoms with Crippen molar-refractivity contribution in [3.63, 3.8) is 0 Å². The standard InChI is InChI=1S/C6H5F3N2O/c7-5(8)4-2(12)1-3(10)11-6(4)9/h1,5H,(H3,10,11,12). The molecule has 12 heavy (non-hydrogen) atoms. The van der Waals surface area contributed by atoms with Gasteiger partial charge in [-0.3, -0.25) is 4.79 Å². The third kappa shape index (κ3) is 1.41. The zero-order chi connectivity index (χ0) is 9.30. The van der Waals surface area contributed by atoms with E-state index in [1.165, 1.54) is 0 Å². The van der Waals surface area contributed by atoms with Gasteiger partial charge in [-0.1, -0.05) is 0 Å². The van der Waals surface area contributed by atoms with Crippen molar-refractivity contribution < 1.29 is 13.2 Å². The number of alkyl halides is 2. The molecule has 0 aliphatic rings. The van der Waals surface area contributed by atoms with E-state index in [-0.39, 0.29) is 5.82 Å². The van der Waals surface area contributed by atoms with Crippen LogP contribution in [0.2, 0.25) is 0 Å². The number of hydrogen-bond acceptors (Lipinski definition) is 2. The van der Waals surface area contributed by atoms with Crippen molar-refractivity contribution >= 4 is 5.82 Å². The van der Waals surface area contributed by atoms with Crippen LogP contribution in [0.4, 0.5) is 19.0 Å². The minimum absolute atomic E-state index is 0.276. The van der Waals surface area contributed by atoms with Crippen LogP contribution in [-0.2, 0) is 0 Å². The van der Waals surface area contributed by atoms with Crippen molar-refractivity contribution in [1.29, 1.82) is 0 Å². The molecule has 0 saturated carbocycles. The highest BCUT2D eigenvalue weighted by atomic mass is 19.3. The third-order valence-corrected chi connectivity index (χ3v) is 1.26. The van der Waals surface area contributed by atoms with E-state index < -0.39 is 23.4 Å². The first-order chi connectivity index (χ1) is 5.52. The summed E-state index contributed by atoms with van der Waals surface area (Å²) in [4.78, 5) is 12.5. The van der Waals surface area contributed by atoms with Gasteiger partial charge in [0.15, 0.2) is 5.43 Å². The summed E-state index contributed by atoms with van der Waals surface area (Å²) in [6, 6.07) is 0.713. The Morgan fingerprint density at radius 2 is 2.08 bits per heavy atom. The molecule has 0 aliphatic heterocycles. The first kappa shape index (κ1) is 8.63. The van der Waals surface area contributed by atoms with Gasteiger partial charge in [0, 0.05) is 6.07 Å². The molecule has 0 aliphatic carbocycles. The van der Waals surface area contributed by atoms with Crippen molar-refractivity contribution in [2.45, 2.75) is 6.43 Å². The lowest BCUT2D eigenvalue weighted by molar-refractivity contribution is 0.144. The molecule has 0 bridgehead atoms. The monoisotopic (exact) mass is 178 g/mol. The topological polar surface area (TPSA) is 58.9 Å². The first-order valence-electron chi connectivity index (χ1n) is 2.98. The molecule has 0 spiro atoms. The summed E-state index contributed by atoms with van der Waals surface area (Å²) in [5, 5.41) is 0. The molecular formula is C6H5F3N2O. The number of H-pyrrole nitrogens is 1. The van der Waals surface area contributed by atoms with Crippen LogP contribution in [0.1, 0.15) is 12.0 Å². The van der Waals surface area contributed by atoms with Gasteiger partial charge in [0.2, 0.25) is 5.95 Å². The van der Waals surface area contributed by atoms with Gasteiger partial charge in [-0.15, -0.1) is 0 Å². The van der Waals surface area contributed by atoms with E-state index in [1.807, 2.05) is 0 Å². The number of nitrogens with one attached hydrogen (secondary N) is 1. The zero-order valence-electron chi connectivity index (χ0n) is 5.77. The van der Waals surface area contributed by atoms with Crippen LogP contribution in [-0.4, -0.2) is 4.98 Å². The van der Waals surface area contributed by atoms with Gasteiger partial charge in [-0.2, -0.15) is 4.39 Å². The maximum Gasteiger partial charge on any atom is 0.271 e. The number of anilines is 1. The molecule has 0 atom stereocenters. The number of aromatic amines is 1. The summed E-state index contributed by atoms with van der Waals surface area (Å²) < 4.78 is 36.4. The summed E-state index contributed by atoms with van der Waals surface area (Å²) >= 11 is 0. The number of nitrogen functional groups attached to an aromatic ring is 1. The molecule has 6 heteroatoms. The molecule has 0 saturated heterocycles. The minimum Gasteiger partial charge on any atom is -0.385 e. The second-order valence-electron chi connectivity index (χ2n) is 2.12. The van der Waals surface area contributed by atoms with Gasteiger partial charge in [0.1, 0.15) is 11.4 Å². The van der Waals surface area contributed by atoms with Crippen molar-refractivity contribution in [3.05, 3.63) is 27.8 Å². The summed E-state index contributed by atoms with van der Waals surface area (Å²) in [7, 11) is 0. The Labute approximate surface area is 65.0 Å². The highest BCUT2D eigenvalue weighted by molar-refractivity contribution is 5.30. The summed E-state index contributed by atoms with van der Waals surface area (Å²) in [6.07, 6.45) is -3.13. The molecule has 1 aromatic rings. The second kappa shape index (κ2) is 2.88. The average Bonchev–Trinajstić information content (AvgIpc) is 1.82. The third-order valence-electron chi connectivity index (χ3n) is 1.26. The van der Waals surface area contributed by atoms with E-state index in [0.717, 1.165) is 0 Å². The number of halogens is 3. The van der Waals surface area contributed by atoms with Crippen LogP contribution in [0.25, 0.3) is 0 Å². The maximum atomic E-state index is 12.5. The Bertz CT molecular complexity index is 347. The maximum absolute atomic E-state index is 12.5. The number of hydrogen-bond donors (Lipinski definition) is 2. The van der Waals surface area contributed by atoms with E-state index in [9.17, 15) is 18.0 Å². The fourth-order valence-corrected chi connectivity index (χ4v) is 0.761. The summed E-state index contributed by atoms with van der Waals surface area (Å²) in [6.45, 7) is 0.